The van der Waals surface area contributed by atoms with E-state index in [1.54, 1.807) is 30.3 Å². The van der Waals surface area contributed by atoms with Gasteiger partial charge in [-0.25, -0.2) is 4.79 Å². The zero-order chi connectivity index (χ0) is 29.0. The highest BCUT2D eigenvalue weighted by molar-refractivity contribution is 6.13. The molecule has 12 heteroatoms. The van der Waals surface area contributed by atoms with Gasteiger partial charge >= 0.3 is 11.9 Å². The average molecular weight is 569 g/mol. The van der Waals surface area contributed by atoms with Crippen molar-refractivity contribution < 1.29 is 58.4 Å². The Balaban J connectivity index is 1.59. The molecule has 1 unspecified atom stereocenters. The second kappa shape index (κ2) is 10.5. The summed E-state index contributed by atoms with van der Waals surface area (Å²) in [4.78, 5) is 25.1. The van der Waals surface area contributed by atoms with E-state index in [4.69, 9.17) is 28.4 Å². The maximum atomic E-state index is 13.2. The van der Waals surface area contributed by atoms with Crippen LogP contribution in [0.1, 0.15) is 40.9 Å². The molecule has 0 spiro atoms. The fraction of sp³-hybridized carbons (Fsp3) is 0.379. The van der Waals surface area contributed by atoms with E-state index in [2.05, 4.69) is 0 Å². The van der Waals surface area contributed by atoms with Gasteiger partial charge in [-0.3, -0.25) is 4.79 Å². The highest BCUT2D eigenvalue weighted by Crippen LogP contribution is 2.48. The molecule has 1 saturated heterocycles. The number of aliphatic hydroxyl groups excluding tert-OH is 4. The Bertz CT molecular complexity index is 1550. The van der Waals surface area contributed by atoms with Crippen LogP contribution < -0.4 is 14.2 Å². The third kappa shape index (κ3) is 4.53. The summed E-state index contributed by atoms with van der Waals surface area (Å²) in [6, 6.07) is 8.53. The van der Waals surface area contributed by atoms with Gasteiger partial charge in [0.05, 0.1) is 24.9 Å². The molecule has 3 aromatic rings. The van der Waals surface area contributed by atoms with Crippen molar-refractivity contribution in [3.05, 3.63) is 52.6 Å². The summed E-state index contributed by atoms with van der Waals surface area (Å²) >= 11 is 0. The Labute approximate surface area is 233 Å². The molecule has 0 saturated carbocycles. The summed E-state index contributed by atoms with van der Waals surface area (Å²) in [5, 5.41) is 42.2. The molecule has 0 aliphatic carbocycles. The van der Waals surface area contributed by atoms with E-state index in [1.807, 2.05) is 0 Å². The van der Waals surface area contributed by atoms with Crippen LogP contribution in [-0.2, 0) is 38.8 Å². The second-order valence-corrected chi connectivity index (χ2v) is 10.1. The third-order valence-electron chi connectivity index (χ3n) is 7.55. The number of cyclic esters (lactones) is 1. The monoisotopic (exact) mass is 568 g/mol. The van der Waals surface area contributed by atoms with Gasteiger partial charge in [0.2, 0.25) is 13.1 Å². The molecule has 4 N–H and O–H groups in total. The molecule has 0 radical (unpaired) electrons. The van der Waals surface area contributed by atoms with E-state index in [-0.39, 0.29) is 31.3 Å². The SMILES string of the molecule is CC(=O)O[C@H]1C(Oc2c3c(c(-c4ccc5c(c4)OCO5)c4cc(CO)c(CO)cc24)C(=O)OC3)O[C@H](C)[C@@H](O)[C@@H]1O. The van der Waals surface area contributed by atoms with Crippen molar-refractivity contribution >= 4 is 22.7 Å². The lowest BCUT2D eigenvalue weighted by Gasteiger charge is -2.40. The van der Waals surface area contributed by atoms with Gasteiger partial charge in [-0.2, -0.15) is 0 Å². The first-order valence-electron chi connectivity index (χ1n) is 13.0. The zero-order valence-electron chi connectivity index (χ0n) is 22.2. The normalized spacial score (nSPS) is 24.7. The van der Waals surface area contributed by atoms with Crippen LogP contribution in [0.3, 0.4) is 0 Å². The van der Waals surface area contributed by atoms with E-state index >= 15 is 0 Å². The Hall–Kier alpha value is -3.94. The molecule has 6 rings (SSSR count). The molecule has 216 valence electrons. The molecule has 3 heterocycles. The van der Waals surface area contributed by atoms with Crippen molar-refractivity contribution in [1.82, 2.24) is 0 Å². The third-order valence-corrected chi connectivity index (χ3v) is 7.55. The summed E-state index contributed by atoms with van der Waals surface area (Å²) in [6.07, 6.45) is -6.53. The van der Waals surface area contributed by atoms with Gasteiger partial charge in [0.1, 0.15) is 24.6 Å². The fourth-order valence-corrected chi connectivity index (χ4v) is 5.53. The zero-order valence-corrected chi connectivity index (χ0v) is 22.2. The van der Waals surface area contributed by atoms with E-state index in [0.29, 0.717) is 50.1 Å². The van der Waals surface area contributed by atoms with Gasteiger partial charge in [-0.15, -0.1) is 0 Å². The van der Waals surface area contributed by atoms with Gasteiger partial charge in [0.15, 0.2) is 17.6 Å². The molecule has 41 heavy (non-hydrogen) atoms. The molecule has 0 aromatic heterocycles. The Kier molecular flexibility index (Phi) is 6.96. The number of esters is 2. The molecule has 1 fully saturated rings. The van der Waals surface area contributed by atoms with Crippen LogP contribution in [0.15, 0.2) is 30.3 Å². The highest BCUT2D eigenvalue weighted by Gasteiger charge is 2.47. The van der Waals surface area contributed by atoms with Gasteiger partial charge in [-0.05, 0) is 53.3 Å². The van der Waals surface area contributed by atoms with Gasteiger partial charge < -0.3 is 48.8 Å². The summed E-state index contributed by atoms with van der Waals surface area (Å²) < 4.78 is 33.9. The Morgan fingerprint density at radius 1 is 0.951 bits per heavy atom. The summed E-state index contributed by atoms with van der Waals surface area (Å²) in [5.41, 5.74) is 2.53. The largest absolute Gasteiger partial charge is 0.460 e. The lowest BCUT2D eigenvalue weighted by Crippen LogP contribution is -2.59. The van der Waals surface area contributed by atoms with Crippen LogP contribution in [0, 0.1) is 0 Å². The minimum Gasteiger partial charge on any atom is -0.460 e. The van der Waals surface area contributed by atoms with E-state index in [1.165, 1.54) is 6.92 Å². The number of carbonyl (C=O) groups is 2. The lowest BCUT2D eigenvalue weighted by molar-refractivity contribution is -0.273. The van der Waals surface area contributed by atoms with Crippen LogP contribution in [0.5, 0.6) is 17.2 Å². The Morgan fingerprint density at radius 2 is 1.66 bits per heavy atom. The minimum atomic E-state index is -1.52. The van der Waals surface area contributed by atoms with Crippen LogP contribution in [-0.4, -0.2) is 69.9 Å². The van der Waals surface area contributed by atoms with Crippen molar-refractivity contribution in [2.45, 2.75) is 64.4 Å². The van der Waals surface area contributed by atoms with Crippen LogP contribution in [0.2, 0.25) is 0 Å². The number of rotatable bonds is 6. The highest BCUT2D eigenvalue weighted by atomic mass is 16.7. The molecule has 3 aliphatic heterocycles. The van der Waals surface area contributed by atoms with E-state index < -0.39 is 49.3 Å². The van der Waals surface area contributed by atoms with Crippen molar-refractivity contribution in [1.29, 1.82) is 0 Å². The fourth-order valence-electron chi connectivity index (χ4n) is 5.53. The maximum absolute atomic E-state index is 13.2. The predicted octanol–water partition coefficient (Wildman–Crippen LogP) is 1.67. The summed E-state index contributed by atoms with van der Waals surface area (Å²) in [7, 11) is 0. The number of fused-ring (bicyclic) bond motifs is 3. The van der Waals surface area contributed by atoms with Crippen molar-refractivity contribution in [2.75, 3.05) is 6.79 Å². The predicted molar refractivity (Wildman–Crippen MR) is 139 cm³/mol. The maximum Gasteiger partial charge on any atom is 0.339 e. The molecule has 12 nitrogen and oxygen atoms in total. The number of carbonyl (C=O) groups excluding carboxylic acids is 2. The first kappa shape index (κ1) is 27.2. The van der Waals surface area contributed by atoms with Crippen LogP contribution >= 0.6 is 0 Å². The molecular weight excluding hydrogens is 540 g/mol. The van der Waals surface area contributed by atoms with Crippen molar-refractivity contribution in [3.8, 4) is 28.4 Å². The molecule has 0 bridgehead atoms. The lowest BCUT2D eigenvalue weighted by atomic mass is 9.87. The number of ether oxygens (including phenoxy) is 6. The average Bonchev–Trinajstić information content (AvgIpc) is 3.59. The smallest absolute Gasteiger partial charge is 0.339 e. The van der Waals surface area contributed by atoms with Gasteiger partial charge in [0, 0.05) is 23.4 Å². The first-order valence-corrected chi connectivity index (χ1v) is 13.0. The van der Waals surface area contributed by atoms with Gasteiger partial charge in [0.25, 0.3) is 0 Å². The molecule has 3 aliphatic rings. The van der Waals surface area contributed by atoms with Crippen LogP contribution in [0.25, 0.3) is 21.9 Å². The number of hydrogen-bond donors (Lipinski definition) is 4. The molecule has 3 aromatic carbocycles. The van der Waals surface area contributed by atoms with Crippen molar-refractivity contribution in [3.63, 3.8) is 0 Å². The summed E-state index contributed by atoms with van der Waals surface area (Å²) in [6.45, 7) is 1.81. The van der Waals surface area contributed by atoms with Crippen LogP contribution in [0.4, 0.5) is 0 Å². The molecular formula is C29H28O12. The minimum absolute atomic E-state index is 0.0604. The molecule has 5 atom stereocenters. The quantitative estimate of drug-likeness (QED) is 0.318. The topological polar surface area (TPSA) is 170 Å². The second-order valence-electron chi connectivity index (χ2n) is 10.1. The Morgan fingerprint density at radius 3 is 2.37 bits per heavy atom. The first-order chi connectivity index (χ1) is 19.7. The number of aliphatic hydroxyl groups is 4. The molecule has 0 amide bonds. The standard InChI is InChI=1S/C29H28O12/c1-12-24(33)25(34)27(40-13(2)32)29(39-12)41-26-18-6-16(9-31)15(8-30)5-17(18)22(23-19(26)10-36-28(23)35)14-3-4-20-21(7-14)38-11-37-20/h3-7,12,24-25,27,29-31,33-34H,8-11H2,1-2H3/t12-,24-,25+,27-,29?/m1/s1. The van der Waals surface area contributed by atoms with E-state index in [0.717, 1.165) is 6.92 Å². The number of benzene rings is 3. The summed E-state index contributed by atoms with van der Waals surface area (Å²) in [5.74, 6) is -0.151. The number of hydrogen-bond acceptors (Lipinski definition) is 12. The van der Waals surface area contributed by atoms with Crippen molar-refractivity contribution in [2.24, 2.45) is 0 Å². The van der Waals surface area contributed by atoms with E-state index in [9.17, 15) is 30.0 Å². The van der Waals surface area contributed by atoms with Gasteiger partial charge in [-0.1, -0.05) is 6.07 Å².